The minimum absolute atomic E-state index is 0.0699. The molecule has 3 N–H and O–H groups in total. The SMILES string of the molecule is C=C(CCC(=O)NCCC1CNc2ccccc21)NC(=O)COC(=C)/C=C(/F)C(=C)Cl. The molecule has 0 saturated carbocycles. The van der Waals surface area contributed by atoms with E-state index < -0.39 is 11.7 Å². The largest absolute Gasteiger partial charge is 0.484 e. The van der Waals surface area contributed by atoms with E-state index in [1.165, 1.54) is 5.56 Å². The number of hydrogen-bond donors (Lipinski definition) is 3. The second-order valence-corrected chi connectivity index (χ2v) is 7.56. The molecule has 0 aromatic heterocycles. The first kappa shape index (κ1) is 24.2. The molecule has 0 saturated heterocycles. The van der Waals surface area contributed by atoms with Crippen molar-refractivity contribution in [2.45, 2.75) is 25.2 Å². The maximum Gasteiger partial charge on any atom is 0.262 e. The highest BCUT2D eigenvalue weighted by atomic mass is 35.5. The lowest BCUT2D eigenvalue weighted by atomic mass is 9.98. The van der Waals surface area contributed by atoms with Gasteiger partial charge in [-0.05, 0) is 24.5 Å². The van der Waals surface area contributed by atoms with Crippen molar-refractivity contribution in [3.05, 3.63) is 78.0 Å². The number of nitrogens with one attached hydrogen (secondary N) is 3. The van der Waals surface area contributed by atoms with Crippen LogP contribution in [0, 0.1) is 0 Å². The highest BCUT2D eigenvalue weighted by Gasteiger charge is 2.21. The van der Waals surface area contributed by atoms with Crippen LogP contribution in [0.15, 0.2) is 72.4 Å². The van der Waals surface area contributed by atoms with E-state index in [-0.39, 0.29) is 29.7 Å². The summed E-state index contributed by atoms with van der Waals surface area (Å²) in [5.74, 6) is -1.08. The first-order chi connectivity index (χ1) is 14.8. The Balaban J connectivity index is 1.60. The molecule has 0 spiro atoms. The van der Waals surface area contributed by atoms with Crippen molar-refractivity contribution in [3.8, 4) is 0 Å². The molecule has 0 fully saturated rings. The maximum atomic E-state index is 13.3. The van der Waals surface area contributed by atoms with Crippen LogP contribution in [0.25, 0.3) is 0 Å². The molecular formula is C23H27ClFN3O3. The van der Waals surface area contributed by atoms with Gasteiger partial charge in [-0.2, -0.15) is 0 Å². The predicted molar refractivity (Wildman–Crippen MR) is 121 cm³/mol. The fraction of sp³-hybridized carbons (Fsp3) is 0.304. The van der Waals surface area contributed by atoms with Gasteiger partial charge in [-0.1, -0.05) is 49.5 Å². The number of anilines is 1. The van der Waals surface area contributed by atoms with Gasteiger partial charge in [0.25, 0.3) is 5.91 Å². The molecule has 1 aromatic carbocycles. The summed E-state index contributed by atoms with van der Waals surface area (Å²) in [7, 11) is 0. The Morgan fingerprint density at radius 3 is 2.71 bits per heavy atom. The quantitative estimate of drug-likeness (QED) is 0.330. The minimum Gasteiger partial charge on any atom is -0.484 e. The Kier molecular flexibility index (Phi) is 9.34. The van der Waals surface area contributed by atoms with Crippen molar-refractivity contribution in [1.29, 1.82) is 0 Å². The van der Waals surface area contributed by atoms with Gasteiger partial charge in [-0.25, -0.2) is 4.39 Å². The van der Waals surface area contributed by atoms with Crippen LogP contribution in [0.3, 0.4) is 0 Å². The lowest BCUT2D eigenvalue weighted by molar-refractivity contribution is -0.124. The standard InChI is InChI=1S/C23H27ClFN3O3/c1-15(28-23(30)14-31-16(2)12-20(25)17(3)24)8-9-22(29)26-11-10-18-13-27-21-7-5-4-6-19(18)21/h4-7,12,18,27H,1-3,8-11,13-14H2,(H,26,29)(H,28,30)/b20-12+. The van der Waals surface area contributed by atoms with E-state index in [9.17, 15) is 14.0 Å². The molecule has 31 heavy (non-hydrogen) atoms. The van der Waals surface area contributed by atoms with Crippen LogP contribution >= 0.6 is 11.6 Å². The summed E-state index contributed by atoms with van der Waals surface area (Å²) < 4.78 is 18.3. The summed E-state index contributed by atoms with van der Waals surface area (Å²) in [6, 6.07) is 8.18. The zero-order valence-corrected chi connectivity index (χ0v) is 18.1. The normalized spacial score (nSPS) is 14.8. The van der Waals surface area contributed by atoms with Crippen LogP contribution in [0.2, 0.25) is 0 Å². The Morgan fingerprint density at radius 2 is 1.97 bits per heavy atom. The number of hydrogen-bond acceptors (Lipinski definition) is 4. The third-order valence-electron chi connectivity index (χ3n) is 4.66. The van der Waals surface area contributed by atoms with Crippen molar-refractivity contribution in [2.75, 3.05) is 25.0 Å². The third kappa shape index (κ3) is 8.30. The average molecular weight is 448 g/mol. The van der Waals surface area contributed by atoms with Crippen molar-refractivity contribution in [1.82, 2.24) is 10.6 Å². The van der Waals surface area contributed by atoms with Crippen LogP contribution < -0.4 is 16.0 Å². The highest BCUT2D eigenvalue weighted by Crippen LogP contribution is 2.32. The van der Waals surface area contributed by atoms with Crippen LogP contribution in [-0.4, -0.2) is 31.5 Å². The smallest absolute Gasteiger partial charge is 0.262 e. The lowest BCUT2D eigenvalue weighted by Gasteiger charge is -2.12. The Hall–Kier alpha value is -3.06. The van der Waals surface area contributed by atoms with Crippen LogP contribution in [-0.2, 0) is 14.3 Å². The van der Waals surface area contributed by atoms with E-state index in [4.69, 9.17) is 16.3 Å². The Labute approximate surface area is 186 Å². The van der Waals surface area contributed by atoms with Gasteiger partial charge in [-0.3, -0.25) is 9.59 Å². The predicted octanol–water partition coefficient (Wildman–Crippen LogP) is 4.25. The number of ether oxygens (including phenoxy) is 1. The van der Waals surface area contributed by atoms with Crippen molar-refractivity contribution < 1.29 is 18.7 Å². The van der Waals surface area contributed by atoms with Crippen LogP contribution in [0.5, 0.6) is 0 Å². The van der Waals surface area contributed by atoms with Gasteiger partial charge in [0.2, 0.25) is 5.91 Å². The second-order valence-electron chi connectivity index (χ2n) is 7.11. The molecule has 1 aromatic rings. The molecule has 0 aliphatic carbocycles. The summed E-state index contributed by atoms with van der Waals surface area (Å²) in [6.45, 7) is 11.5. The zero-order valence-electron chi connectivity index (χ0n) is 17.3. The number of carbonyl (C=O) groups excluding carboxylic acids is 2. The van der Waals surface area contributed by atoms with E-state index in [2.05, 4.69) is 47.8 Å². The molecular weight excluding hydrogens is 421 g/mol. The number of fused-ring (bicyclic) bond motifs is 1. The van der Waals surface area contributed by atoms with Gasteiger partial charge in [0.05, 0.1) is 5.03 Å². The Morgan fingerprint density at radius 1 is 1.23 bits per heavy atom. The molecule has 1 heterocycles. The second kappa shape index (κ2) is 12.0. The van der Waals surface area contributed by atoms with Crippen molar-refractivity contribution in [2.24, 2.45) is 0 Å². The first-order valence-electron chi connectivity index (χ1n) is 9.87. The molecule has 1 aliphatic rings. The molecule has 1 atom stereocenters. The van der Waals surface area contributed by atoms with Crippen LogP contribution in [0.1, 0.15) is 30.7 Å². The summed E-state index contributed by atoms with van der Waals surface area (Å²) in [5.41, 5.74) is 2.83. The lowest BCUT2D eigenvalue weighted by Crippen LogP contribution is -2.29. The molecule has 2 rings (SSSR count). The molecule has 1 aliphatic heterocycles. The molecule has 6 nitrogen and oxygen atoms in total. The topological polar surface area (TPSA) is 79.5 Å². The van der Waals surface area contributed by atoms with Gasteiger partial charge in [0.15, 0.2) is 6.61 Å². The van der Waals surface area contributed by atoms with Gasteiger partial charge in [0.1, 0.15) is 11.6 Å². The fourth-order valence-corrected chi connectivity index (χ4v) is 3.12. The summed E-state index contributed by atoms with van der Waals surface area (Å²) in [5, 5.41) is 8.51. The summed E-state index contributed by atoms with van der Waals surface area (Å²) in [6.07, 6.45) is 2.29. The number of benzene rings is 1. The van der Waals surface area contributed by atoms with Gasteiger partial charge in [0, 0.05) is 42.9 Å². The van der Waals surface area contributed by atoms with Crippen molar-refractivity contribution >= 4 is 29.1 Å². The van der Waals surface area contributed by atoms with Gasteiger partial charge < -0.3 is 20.7 Å². The molecule has 166 valence electrons. The van der Waals surface area contributed by atoms with E-state index >= 15 is 0 Å². The zero-order chi connectivity index (χ0) is 22.8. The summed E-state index contributed by atoms with van der Waals surface area (Å²) >= 11 is 5.39. The van der Waals surface area contributed by atoms with Crippen LogP contribution in [0.4, 0.5) is 10.1 Å². The molecule has 0 radical (unpaired) electrons. The molecule has 2 amide bonds. The Bertz CT molecular complexity index is 898. The monoisotopic (exact) mass is 447 g/mol. The summed E-state index contributed by atoms with van der Waals surface area (Å²) in [4.78, 5) is 23.9. The van der Waals surface area contributed by atoms with Gasteiger partial charge in [-0.15, -0.1) is 0 Å². The number of rotatable bonds is 12. The number of para-hydroxylation sites is 1. The maximum absolute atomic E-state index is 13.3. The number of halogens is 2. The fourth-order valence-electron chi connectivity index (χ4n) is 3.07. The van der Waals surface area contributed by atoms with E-state index in [1.54, 1.807) is 0 Å². The molecule has 0 bridgehead atoms. The minimum atomic E-state index is -0.795. The first-order valence-corrected chi connectivity index (χ1v) is 10.2. The van der Waals surface area contributed by atoms with E-state index in [1.807, 2.05) is 12.1 Å². The number of allylic oxidation sites excluding steroid dienone is 4. The number of amides is 2. The molecule has 1 unspecified atom stereocenters. The van der Waals surface area contributed by atoms with Gasteiger partial charge >= 0.3 is 0 Å². The molecule has 8 heteroatoms. The van der Waals surface area contributed by atoms with E-state index in [0.29, 0.717) is 24.6 Å². The third-order valence-corrected chi connectivity index (χ3v) is 4.84. The highest BCUT2D eigenvalue weighted by molar-refractivity contribution is 6.31. The average Bonchev–Trinajstić information content (AvgIpc) is 3.14. The number of carbonyl (C=O) groups is 2. The van der Waals surface area contributed by atoms with Crippen molar-refractivity contribution in [3.63, 3.8) is 0 Å². The van der Waals surface area contributed by atoms with E-state index in [0.717, 1.165) is 24.7 Å².